The third kappa shape index (κ3) is 4.40. The second-order valence-electron chi connectivity index (χ2n) is 8.20. The van der Waals surface area contributed by atoms with Crippen LogP contribution in [0.3, 0.4) is 0 Å². The lowest BCUT2D eigenvalue weighted by molar-refractivity contribution is -0.125. The van der Waals surface area contributed by atoms with Crippen molar-refractivity contribution in [1.82, 2.24) is 9.97 Å². The first-order valence-electron chi connectivity index (χ1n) is 11.1. The van der Waals surface area contributed by atoms with Crippen molar-refractivity contribution < 1.29 is 19.1 Å². The number of amides is 1. The van der Waals surface area contributed by atoms with Gasteiger partial charge in [-0.25, -0.2) is 9.78 Å². The van der Waals surface area contributed by atoms with Crippen LogP contribution in [-0.4, -0.2) is 35.1 Å². The van der Waals surface area contributed by atoms with E-state index in [0.717, 1.165) is 32.4 Å². The molecule has 0 N–H and O–H groups in total. The molecule has 1 aliphatic heterocycles. The molecule has 1 atom stereocenters. The van der Waals surface area contributed by atoms with Crippen molar-refractivity contribution in [3.05, 3.63) is 82.9 Å². The molecule has 7 nitrogen and oxygen atoms in total. The number of ether oxygens (including phenoxy) is 2. The maximum absolute atomic E-state index is 13.2. The highest BCUT2D eigenvalue weighted by Gasteiger charge is 2.32. The molecule has 8 heteroatoms. The molecule has 0 bridgehead atoms. The Balaban J connectivity index is 1.52. The molecule has 0 aliphatic carbocycles. The van der Waals surface area contributed by atoms with Gasteiger partial charge >= 0.3 is 5.97 Å². The predicted molar refractivity (Wildman–Crippen MR) is 135 cm³/mol. The minimum Gasteiger partial charge on any atom is -0.479 e. The van der Waals surface area contributed by atoms with Gasteiger partial charge in [-0.15, -0.1) is 11.3 Å². The molecule has 0 saturated heterocycles. The lowest BCUT2D eigenvalue weighted by Gasteiger charge is -2.33. The Hall–Kier alpha value is -4.04. The summed E-state index contributed by atoms with van der Waals surface area (Å²) in [7, 11) is 1.35. The monoisotopic (exact) mass is 485 g/mol. The normalized spacial score (nSPS) is 14.9. The van der Waals surface area contributed by atoms with E-state index in [4.69, 9.17) is 14.5 Å². The number of pyridine rings is 1. The fraction of sp³-hybridized carbons (Fsp3) is 0.185. The van der Waals surface area contributed by atoms with E-state index in [9.17, 15) is 9.59 Å². The van der Waals surface area contributed by atoms with E-state index in [1.165, 1.54) is 7.11 Å². The van der Waals surface area contributed by atoms with Gasteiger partial charge in [0.15, 0.2) is 6.10 Å². The second-order valence-corrected chi connectivity index (χ2v) is 9.40. The first-order valence-corrected chi connectivity index (χ1v) is 11.9. The first kappa shape index (κ1) is 22.7. The summed E-state index contributed by atoms with van der Waals surface area (Å²) in [6.07, 6.45) is 1.14. The molecule has 3 heterocycles. The van der Waals surface area contributed by atoms with Gasteiger partial charge < -0.3 is 14.4 Å². The van der Waals surface area contributed by atoms with Crippen LogP contribution in [0.2, 0.25) is 0 Å². The van der Waals surface area contributed by atoms with Gasteiger partial charge in [0.25, 0.3) is 5.91 Å². The van der Waals surface area contributed by atoms with Crippen molar-refractivity contribution >= 4 is 28.9 Å². The molecule has 0 fully saturated rings. The van der Waals surface area contributed by atoms with Crippen molar-refractivity contribution in [2.45, 2.75) is 26.5 Å². The maximum Gasteiger partial charge on any atom is 0.337 e. The molecule has 0 spiro atoms. The topological polar surface area (TPSA) is 81.6 Å². The van der Waals surface area contributed by atoms with Gasteiger partial charge in [-0.3, -0.25) is 9.78 Å². The molecule has 35 heavy (non-hydrogen) atoms. The van der Waals surface area contributed by atoms with Crippen LogP contribution in [0.4, 0.5) is 5.69 Å². The molecule has 0 radical (unpaired) electrons. The van der Waals surface area contributed by atoms with Crippen LogP contribution in [0.1, 0.15) is 27.7 Å². The quantitative estimate of drug-likeness (QED) is 0.358. The number of anilines is 1. The number of thiazole rings is 1. The highest BCUT2D eigenvalue weighted by atomic mass is 32.1. The van der Waals surface area contributed by atoms with Crippen molar-refractivity contribution in [3.8, 4) is 27.7 Å². The standard InChI is InChI=1S/C27H23N3O4S/c1-16-26(31)30(15-18-7-6-8-20(13-18)27(32)33-3)22-14-19(10-11-23(22)34-16)24-17(2)35-25(29-24)21-9-4-5-12-28-21/h4-14,16H,15H2,1-3H3. The zero-order valence-electron chi connectivity index (χ0n) is 19.5. The molecule has 2 aromatic heterocycles. The van der Waals surface area contributed by atoms with E-state index in [1.54, 1.807) is 47.6 Å². The highest BCUT2D eigenvalue weighted by molar-refractivity contribution is 7.15. The van der Waals surface area contributed by atoms with Crippen molar-refractivity contribution in [3.63, 3.8) is 0 Å². The molecule has 176 valence electrons. The summed E-state index contributed by atoms with van der Waals surface area (Å²) in [4.78, 5) is 37.1. The minimum atomic E-state index is -0.617. The zero-order valence-corrected chi connectivity index (χ0v) is 20.3. The van der Waals surface area contributed by atoms with Crippen molar-refractivity contribution in [2.24, 2.45) is 0 Å². The van der Waals surface area contributed by atoms with Gasteiger partial charge in [0.2, 0.25) is 0 Å². The molecule has 1 aliphatic rings. The molecule has 1 unspecified atom stereocenters. The van der Waals surface area contributed by atoms with Crippen LogP contribution in [0.15, 0.2) is 66.9 Å². The van der Waals surface area contributed by atoms with Crippen LogP contribution in [-0.2, 0) is 16.1 Å². The lowest BCUT2D eigenvalue weighted by Crippen LogP contribution is -2.44. The van der Waals surface area contributed by atoms with Gasteiger partial charge in [0.05, 0.1) is 36.3 Å². The molecular weight excluding hydrogens is 462 g/mol. The number of hydrogen-bond acceptors (Lipinski definition) is 7. The summed E-state index contributed by atoms with van der Waals surface area (Å²) in [5.74, 6) is 0.0593. The Kier molecular flexibility index (Phi) is 6.05. The SMILES string of the molecule is COC(=O)c1cccc(CN2C(=O)C(C)Oc3ccc(-c4nc(-c5ccccn5)sc4C)cc32)c1. The van der Waals surface area contributed by atoms with Crippen molar-refractivity contribution in [2.75, 3.05) is 12.0 Å². The predicted octanol–water partition coefficient (Wildman–Crippen LogP) is 5.28. The molecule has 2 aromatic carbocycles. The van der Waals surface area contributed by atoms with E-state index in [-0.39, 0.29) is 5.91 Å². The van der Waals surface area contributed by atoms with Crippen LogP contribution in [0.5, 0.6) is 5.75 Å². The number of rotatable bonds is 5. The summed E-state index contributed by atoms with van der Waals surface area (Å²) >= 11 is 1.58. The summed E-state index contributed by atoms with van der Waals surface area (Å²) < 4.78 is 10.7. The largest absolute Gasteiger partial charge is 0.479 e. The number of benzene rings is 2. The lowest BCUT2D eigenvalue weighted by atomic mass is 10.1. The number of methoxy groups -OCH3 is 1. The first-order chi connectivity index (χ1) is 16.9. The highest BCUT2D eigenvalue weighted by Crippen LogP contribution is 2.40. The molecule has 5 rings (SSSR count). The van der Waals surface area contributed by atoms with Gasteiger partial charge in [-0.05, 0) is 61.9 Å². The van der Waals surface area contributed by atoms with Gasteiger partial charge in [-0.2, -0.15) is 0 Å². The second kappa shape index (κ2) is 9.31. The number of hydrogen-bond donors (Lipinski definition) is 0. The number of carbonyl (C=O) groups is 2. The number of fused-ring (bicyclic) bond motifs is 1. The van der Waals surface area contributed by atoms with Crippen molar-refractivity contribution in [1.29, 1.82) is 0 Å². The summed E-state index contributed by atoms with van der Waals surface area (Å²) in [5, 5.41) is 0.841. The van der Waals surface area contributed by atoms with E-state index in [1.807, 2.05) is 49.4 Å². The number of esters is 1. The number of aryl methyl sites for hydroxylation is 1. The van der Waals surface area contributed by atoms with E-state index in [2.05, 4.69) is 4.98 Å². The maximum atomic E-state index is 13.2. The fourth-order valence-electron chi connectivity index (χ4n) is 4.08. The van der Waals surface area contributed by atoms with Crippen LogP contribution >= 0.6 is 11.3 Å². The average Bonchev–Trinajstić information content (AvgIpc) is 3.28. The molecule has 0 saturated carbocycles. The molecule has 1 amide bonds. The smallest absolute Gasteiger partial charge is 0.337 e. The third-order valence-electron chi connectivity index (χ3n) is 5.81. The van der Waals surface area contributed by atoms with Crippen LogP contribution in [0, 0.1) is 6.92 Å². The fourth-order valence-corrected chi connectivity index (χ4v) is 4.99. The Morgan fingerprint density at radius 3 is 2.77 bits per heavy atom. The van der Waals surface area contributed by atoms with Gasteiger partial charge in [-0.1, -0.05) is 18.2 Å². The Morgan fingerprint density at radius 1 is 1.14 bits per heavy atom. The third-order valence-corrected chi connectivity index (χ3v) is 6.80. The minimum absolute atomic E-state index is 0.151. The Morgan fingerprint density at radius 2 is 2.00 bits per heavy atom. The van der Waals surface area contributed by atoms with Crippen LogP contribution in [0.25, 0.3) is 22.0 Å². The van der Waals surface area contributed by atoms with Gasteiger partial charge in [0.1, 0.15) is 10.8 Å². The summed E-state index contributed by atoms with van der Waals surface area (Å²) in [6.45, 7) is 4.06. The average molecular weight is 486 g/mol. The van der Waals surface area contributed by atoms with E-state index < -0.39 is 12.1 Å². The van der Waals surface area contributed by atoms with E-state index in [0.29, 0.717) is 23.5 Å². The van der Waals surface area contributed by atoms with Gasteiger partial charge in [0, 0.05) is 16.6 Å². The van der Waals surface area contributed by atoms with Crippen LogP contribution < -0.4 is 9.64 Å². The molecular formula is C27H23N3O4S. The Bertz CT molecular complexity index is 1420. The summed E-state index contributed by atoms with van der Waals surface area (Å²) in [6, 6.07) is 18.6. The summed E-state index contributed by atoms with van der Waals surface area (Å²) in [5.41, 5.74) is 4.48. The molecule has 4 aromatic rings. The Labute approximate surface area is 207 Å². The number of nitrogens with zero attached hydrogens (tertiary/aromatic N) is 3. The number of carbonyl (C=O) groups excluding carboxylic acids is 2. The zero-order chi connectivity index (χ0) is 24.5. The number of aromatic nitrogens is 2. The van der Waals surface area contributed by atoms with E-state index >= 15 is 0 Å².